The number of hydrogen-bond donors (Lipinski definition) is 1. The number of nitrogens with zero attached hydrogens (tertiary/aromatic N) is 1. The Kier molecular flexibility index (Phi) is 5.82. The maximum absolute atomic E-state index is 14.3. The van der Waals surface area contributed by atoms with Crippen LogP contribution in [0.15, 0.2) is 18.2 Å². The van der Waals surface area contributed by atoms with Crippen molar-refractivity contribution in [1.29, 1.82) is 0 Å². The lowest BCUT2D eigenvalue weighted by molar-refractivity contribution is 0.116. The van der Waals surface area contributed by atoms with Crippen molar-refractivity contribution in [2.45, 2.75) is 32.2 Å². The third-order valence-electron chi connectivity index (χ3n) is 4.14. The molecule has 1 aliphatic heterocycles. The zero-order valence-electron chi connectivity index (χ0n) is 12.3. The van der Waals surface area contributed by atoms with Crippen molar-refractivity contribution in [2.75, 3.05) is 26.7 Å². The summed E-state index contributed by atoms with van der Waals surface area (Å²) in [5.74, 6) is 0.182. The molecule has 2 atom stereocenters. The van der Waals surface area contributed by atoms with Gasteiger partial charge in [0, 0.05) is 11.6 Å². The van der Waals surface area contributed by atoms with Gasteiger partial charge < -0.3 is 5.32 Å². The van der Waals surface area contributed by atoms with Crippen molar-refractivity contribution >= 4 is 11.6 Å². The van der Waals surface area contributed by atoms with Crippen LogP contribution in [0.5, 0.6) is 0 Å². The number of rotatable bonds is 5. The number of piperidine rings is 1. The average Bonchev–Trinajstić information content (AvgIpc) is 2.43. The van der Waals surface area contributed by atoms with Gasteiger partial charge in [0.15, 0.2) is 0 Å². The van der Waals surface area contributed by atoms with E-state index in [4.69, 9.17) is 11.6 Å². The molecule has 0 radical (unpaired) electrons. The van der Waals surface area contributed by atoms with Crippen molar-refractivity contribution in [3.05, 3.63) is 34.6 Å². The van der Waals surface area contributed by atoms with Gasteiger partial charge in [0.25, 0.3) is 0 Å². The van der Waals surface area contributed by atoms with Crippen LogP contribution in [0.2, 0.25) is 5.02 Å². The van der Waals surface area contributed by atoms with E-state index < -0.39 is 0 Å². The molecule has 2 nitrogen and oxygen atoms in total. The van der Waals surface area contributed by atoms with E-state index in [1.807, 2.05) is 12.1 Å². The predicted octanol–water partition coefficient (Wildman–Crippen LogP) is 3.86. The zero-order chi connectivity index (χ0) is 14.5. The van der Waals surface area contributed by atoms with Crippen molar-refractivity contribution in [3.8, 4) is 0 Å². The molecule has 4 heteroatoms. The topological polar surface area (TPSA) is 15.3 Å². The minimum absolute atomic E-state index is 0.117. The van der Waals surface area contributed by atoms with Crippen LogP contribution < -0.4 is 5.32 Å². The van der Waals surface area contributed by atoms with Gasteiger partial charge in [0.2, 0.25) is 0 Å². The highest BCUT2D eigenvalue weighted by molar-refractivity contribution is 6.30. The molecule has 0 bridgehead atoms. The summed E-state index contributed by atoms with van der Waals surface area (Å²) in [5, 5.41) is 3.70. The first-order chi connectivity index (χ1) is 9.65. The molecule has 0 aliphatic carbocycles. The third kappa shape index (κ3) is 3.51. The zero-order valence-corrected chi connectivity index (χ0v) is 13.1. The largest absolute Gasteiger partial charge is 0.316 e. The van der Waals surface area contributed by atoms with Crippen molar-refractivity contribution in [2.24, 2.45) is 5.92 Å². The third-order valence-corrected chi connectivity index (χ3v) is 4.43. The number of hydrogen-bond acceptors (Lipinski definition) is 2. The lowest BCUT2D eigenvalue weighted by Gasteiger charge is -2.40. The van der Waals surface area contributed by atoms with Gasteiger partial charge in [-0.1, -0.05) is 30.7 Å². The molecular formula is C16H24ClFN2. The van der Waals surface area contributed by atoms with Gasteiger partial charge in [-0.25, -0.2) is 4.39 Å². The molecule has 1 heterocycles. The van der Waals surface area contributed by atoms with Crippen molar-refractivity contribution < 1.29 is 4.39 Å². The Morgan fingerprint density at radius 3 is 3.00 bits per heavy atom. The van der Waals surface area contributed by atoms with Crippen LogP contribution in [0.4, 0.5) is 4.39 Å². The Labute approximate surface area is 126 Å². The monoisotopic (exact) mass is 298 g/mol. The minimum Gasteiger partial charge on any atom is -0.316 e. The van der Waals surface area contributed by atoms with Crippen molar-refractivity contribution in [1.82, 2.24) is 10.2 Å². The molecule has 2 unspecified atom stereocenters. The maximum Gasteiger partial charge on any atom is 0.146 e. The molecule has 1 aromatic carbocycles. The Balaban J connectivity index is 2.20. The smallest absolute Gasteiger partial charge is 0.146 e. The maximum atomic E-state index is 14.3. The Morgan fingerprint density at radius 1 is 1.45 bits per heavy atom. The fourth-order valence-corrected chi connectivity index (χ4v) is 3.36. The second-order valence-corrected chi connectivity index (χ2v) is 6.08. The lowest BCUT2D eigenvalue weighted by atomic mass is 9.84. The second-order valence-electron chi connectivity index (χ2n) is 5.67. The summed E-state index contributed by atoms with van der Waals surface area (Å²) < 4.78 is 14.3. The number of likely N-dealkylation sites (tertiary alicyclic amines) is 1. The summed E-state index contributed by atoms with van der Waals surface area (Å²) in [6.45, 7) is 5.13. The van der Waals surface area contributed by atoms with E-state index in [0.29, 0.717) is 5.92 Å². The second kappa shape index (κ2) is 7.39. The standard InChI is InChI=1S/C16H24ClFN2/c1-3-9-19-11-12-6-5-10-20(2)16(12)13-7-4-8-14(17)15(13)18/h4,7-8,12,16,19H,3,5-6,9-11H2,1-2H3. The number of halogens is 2. The first kappa shape index (κ1) is 15.7. The molecule has 0 spiro atoms. The predicted molar refractivity (Wildman–Crippen MR) is 82.7 cm³/mol. The fraction of sp³-hybridized carbons (Fsp3) is 0.625. The average molecular weight is 299 g/mol. The molecule has 1 saturated heterocycles. The van der Waals surface area contributed by atoms with E-state index in [1.165, 1.54) is 6.42 Å². The number of nitrogens with one attached hydrogen (secondary N) is 1. The summed E-state index contributed by atoms with van der Waals surface area (Å²) in [4.78, 5) is 2.26. The van der Waals surface area contributed by atoms with Gasteiger partial charge in [-0.2, -0.15) is 0 Å². The molecule has 0 amide bonds. The molecule has 112 valence electrons. The van der Waals surface area contributed by atoms with Crippen LogP contribution in [-0.4, -0.2) is 31.6 Å². The molecule has 1 fully saturated rings. The van der Waals surface area contributed by atoms with Crippen LogP contribution in [0.1, 0.15) is 37.8 Å². The normalized spacial score (nSPS) is 24.0. The van der Waals surface area contributed by atoms with E-state index in [9.17, 15) is 4.39 Å². The summed E-state index contributed by atoms with van der Waals surface area (Å²) in [7, 11) is 2.08. The highest BCUT2D eigenvalue weighted by Gasteiger charge is 2.32. The summed E-state index contributed by atoms with van der Waals surface area (Å²) >= 11 is 5.95. The molecule has 1 aliphatic rings. The Hall–Kier alpha value is -0.640. The molecule has 1 aromatic rings. The summed E-state index contributed by atoms with van der Waals surface area (Å²) in [6, 6.07) is 5.46. The Bertz CT molecular complexity index is 438. The van der Waals surface area contributed by atoms with E-state index in [1.54, 1.807) is 6.07 Å². The van der Waals surface area contributed by atoms with E-state index in [2.05, 4.69) is 24.2 Å². The SMILES string of the molecule is CCCNCC1CCCN(C)C1c1cccc(Cl)c1F. The number of benzene rings is 1. The van der Waals surface area contributed by atoms with Crippen LogP contribution in [0.3, 0.4) is 0 Å². The van der Waals surface area contributed by atoms with Gasteiger partial charge >= 0.3 is 0 Å². The first-order valence-electron chi connectivity index (χ1n) is 7.50. The first-order valence-corrected chi connectivity index (χ1v) is 7.87. The van der Waals surface area contributed by atoms with Crippen molar-refractivity contribution in [3.63, 3.8) is 0 Å². The molecule has 0 aromatic heterocycles. The minimum atomic E-state index is -0.256. The van der Waals surface area contributed by atoms with Crippen LogP contribution in [-0.2, 0) is 0 Å². The highest BCUT2D eigenvalue weighted by atomic mass is 35.5. The Morgan fingerprint density at radius 2 is 2.25 bits per heavy atom. The van der Waals surface area contributed by atoms with Crippen LogP contribution >= 0.6 is 11.6 Å². The van der Waals surface area contributed by atoms with Gasteiger partial charge in [0.05, 0.1) is 5.02 Å². The van der Waals surface area contributed by atoms with E-state index >= 15 is 0 Å². The van der Waals surface area contributed by atoms with Gasteiger partial charge in [-0.15, -0.1) is 0 Å². The quantitative estimate of drug-likeness (QED) is 0.830. The van der Waals surface area contributed by atoms with E-state index in [0.717, 1.165) is 38.0 Å². The molecule has 0 saturated carbocycles. The highest BCUT2D eigenvalue weighted by Crippen LogP contribution is 2.37. The summed E-state index contributed by atoms with van der Waals surface area (Å²) in [5.41, 5.74) is 0.739. The van der Waals surface area contributed by atoms with Gasteiger partial charge in [-0.05, 0) is 57.9 Å². The van der Waals surface area contributed by atoms with Crippen LogP contribution in [0.25, 0.3) is 0 Å². The molecular weight excluding hydrogens is 275 g/mol. The molecule has 20 heavy (non-hydrogen) atoms. The molecule has 2 rings (SSSR count). The van der Waals surface area contributed by atoms with Gasteiger partial charge in [-0.3, -0.25) is 4.90 Å². The lowest BCUT2D eigenvalue weighted by Crippen LogP contribution is -2.41. The van der Waals surface area contributed by atoms with Gasteiger partial charge in [0.1, 0.15) is 5.82 Å². The van der Waals surface area contributed by atoms with E-state index in [-0.39, 0.29) is 16.9 Å². The van der Waals surface area contributed by atoms with Crippen LogP contribution in [0, 0.1) is 11.7 Å². The molecule has 1 N–H and O–H groups in total. The fourth-order valence-electron chi connectivity index (χ4n) is 3.18. The summed E-state index contributed by atoms with van der Waals surface area (Å²) in [6.07, 6.45) is 3.43.